The molecule has 0 aliphatic carbocycles. The van der Waals surface area contributed by atoms with Gasteiger partial charge in [-0.1, -0.05) is 31.2 Å². The van der Waals surface area contributed by atoms with Crippen LogP contribution in [0.2, 0.25) is 0 Å². The van der Waals surface area contributed by atoms with E-state index in [1.807, 2.05) is 12.1 Å². The van der Waals surface area contributed by atoms with E-state index in [9.17, 15) is 22.0 Å². The van der Waals surface area contributed by atoms with Gasteiger partial charge in [0.25, 0.3) is 5.91 Å². The van der Waals surface area contributed by atoms with E-state index in [1.165, 1.54) is 16.5 Å². The van der Waals surface area contributed by atoms with E-state index >= 15 is 4.39 Å². The number of benzene rings is 3. The van der Waals surface area contributed by atoms with Gasteiger partial charge in [-0.2, -0.15) is 0 Å². The largest absolute Gasteiger partial charge is 0.338 e. The second-order valence-electron chi connectivity index (χ2n) is 13.8. The van der Waals surface area contributed by atoms with E-state index in [0.29, 0.717) is 31.0 Å². The number of piperidine rings is 2. The molecular formula is C37H42F3N5O3S. The van der Waals surface area contributed by atoms with Crippen molar-refractivity contribution in [3.05, 3.63) is 95.1 Å². The molecule has 2 unspecified atom stereocenters. The number of para-hydroxylation sites is 2. The highest BCUT2D eigenvalue weighted by molar-refractivity contribution is 7.89. The lowest BCUT2D eigenvalue weighted by Crippen LogP contribution is -2.49. The number of aryl methyl sites for hydroxylation is 1. The Bertz CT molecular complexity index is 1980. The molecule has 3 aliphatic rings. The Labute approximate surface area is 285 Å². The lowest BCUT2D eigenvalue weighted by atomic mass is 9.70. The van der Waals surface area contributed by atoms with Gasteiger partial charge in [-0.05, 0) is 106 Å². The Hall–Kier alpha value is -3.74. The Kier molecular flexibility index (Phi) is 9.08. The molecule has 3 aliphatic heterocycles. The zero-order chi connectivity index (χ0) is 34.5. The van der Waals surface area contributed by atoms with Crippen molar-refractivity contribution < 1.29 is 26.4 Å². The van der Waals surface area contributed by atoms with Gasteiger partial charge in [0.05, 0.1) is 11.0 Å². The van der Waals surface area contributed by atoms with Gasteiger partial charge >= 0.3 is 0 Å². The predicted octanol–water partition coefficient (Wildman–Crippen LogP) is 6.49. The van der Waals surface area contributed by atoms with Crippen LogP contribution in [0.25, 0.3) is 11.0 Å². The minimum absolute atomic E-state index is 0.0116. The van der Waals surface area contributed by atoms with Gasteiger partial charge in [0.2, 0.25) is 10.0 Å². The van der Waals surface area contributed by atoms with Crippen LogP contribution in [-0.2, 0) is 15.4 Å². The van der Waals surface area contributed by atoms with Gasteiger partial charge in [-0.25, -0.2) is 31.3 Å². The van der Waals surface area contributed by atoms with Gasteiger partial charge in [0, 0.05) is 37.8 Å². The number of amides is 1. The standard InChI is InChI=1S/C37H42F3N5O3S/c1-3-41-49(47,48)33-14-13-30(39)34(35(33)40)36(46)43-18-15-37(16-19-43,25-7-6-8-26(38)21-25)17-20-44-27-11-12-28(44)23-29(22-27)45-24(2)42-31-9-4-5-10-32(31)45/h4-10,13-14,21,27-29,41H,3,11-12,15-20,22-23H2,1-2H3/t27-,28?,29?/m0/s1. The zero-order valence-corrected chi connectivity index (χ0v) is 28.7. The molecule has 7 rings (SSSR count). The van der Waals surface area contributed by atoms with Crippen molar-refractivity contribution in [1.82, 2.24) is 24.1 Å². The highest BCUT2D eigenvalue weighted by atomic mass is 32.2. The van der Waals surface area contributed by atoms with Crippen molar-refractivity contribution in [1.29, 1.82) is 0 Å². The van der Waals surface area contributed by atoms with Crippen LogP contribution in [0.3, 0.4) is 0 Å². The van der Waals surface area contributed by atoms with Crippen molar-refractivity contribution in [3.8, 4) is 0 Å². The fourth-order valence-electron chi connectivity index (χ4n) is 8.79. The third-order valence-electron chi connectivity index (χ3n) is 11.2. The summed E-state index contributed by atoms with van der Waals surface area (Å²) in [6.07, 6.45) is 6.03. The number of fused-ring (bicyclic) bond motifs is 3. The third-order valence-corrected chi connectivity index (χ3v) is 12.7. The topological polar surface area (TPSA) is 87.5 Å². The van der Waals surface area contributed by atoms with Crippen LogP contribution in [0.1, 0.15) is 79.7 Å². The molecule has 3 saturated heterocycles. The molecule has 4 aromatic rings. The molecule has 260 valence electrons. The first-order valence-corrected chi connectivity index (χ1v) is 18.7. The first-order valence-electron chi connectivity index (χ1n) is 17.2. The Morgan fingerprint density at radius 3 is 2.37 bits per heavy atom. The number of rotatable bonds is 9. The van der Waals surface area contributed by atoms with E-state index < -0.39 is 43.4 Å². The highest BCUT2D eigenvalue weighted by Crippen LogP contribution is 2.45. The molecule has 1 aromatic heterocycles. The molecule has 0 radical (unpaired) electrons. The summed E-state index contributed by atoms with van der Waals surface area (Å²) in [6, 6.07) is 17.8. The fourth-order valence-corrected chi connectivity index (χ4v) is 9.91. The Morgan fingerprint density at radius 1 is 0.959 bits per heavy atom. The predicted molar refractivity (Wildman–Crippen MR) is 181 cm³/mol. The summed E-state index contributed by atoms with van der Waals surface area (Å²) in [7, 11) is -4.26. The molecule has 49 heavy (non-hydrogen) atoms. The maximum atomic E-state index is 15.5. The number of sulfonamides is 1. The Morgan fingerprint density at radius 2 is 1.67 bits per heavy atom. The number of aromatic nitrogens is 2. The quantitative estimate of drug-likeness (QED) is 0.217. The Balaban J connectivity index is 1.09. The number of hydrogen-bond acceptors (Lipinski definition) is 5. The molecule has 1 N–H and O–H groups in total. The van der Waals surface area contributed by atoms with E-state index in [4.69, 9.17) is 4.98 Å². The smallest absolute Gasteiger partial charge is 0.259 e. The minimum atomic E-state index is -4.26. The first-order chi connectivity index (χ1) is 23.5. The number of nitrogens with zero attached hydrogens (tertiary/aromatic N) is 4. The maximum Gasteiger partial charge on any atom is 0.259 e. The molecule has 8 nitrogen and oxygen atoms in total. The van der Waals surface area contributed by atoms with Crippen molar-refractivity contribution in [2.45, 2.75) is 87.2 Å². The van der Waals surface area contributed by atoms with Crippen LogP contribution in [-0.4, -0.2) is 71.9 Å². The lowest BCUT2D eigenvalue weighted by molar-refractivity contribution is 0.0598. The summed E-state index contributed by atoms with van der Waals surface area (Å²) in [5.74, 6) is -2.69. The zero-order valence-electron chi connectivity index (χ0n) is 27.8. The summed E-state index contributed by atoms with van der Waals surface area (Å²) in [4.78, 5) is 21.6. The highest BCUT2D eigenvalue weighted by Gasteiger charge is 2.44. The number of likely N-dealkylation sites (tertiary alicyclic amines) is 1. The van der Waals surface area contributed by atoms with Gasteiger partial charge < -0.3 is 9.47 Å². The molecule has 2 bridgehead atoms. The molecular weight excluding hydrogens is 652 g/mol. The van der Waals surface area contributed by atoms with E-state index in [2.05, 4.69) is 39.3 Å². The first kappa shape index (κ1) is 33.7. The molecule has 3 fully saturated rings. The number of hydrogen-bond donors (Lipinski definition) is 1. The van der Waals surface area contributed by atoms with Crippen LogP contribution in [0.15, 0.2) is 65.6 Å². The van der Waals surface area contributed by atoms with Crippen LogP contribution in [0.5, 0.6) is 0 Å². The van der Waals surface area contributed by atoms with E-state index in [1.54, 1.807) is 19.1 Å². The second-order valence-corrected chi connectivity index (χ2v) is 15.6. The average molecular weight is 694 g/mol. The molecule has 0 spiro atoms. The number of nitrogens with one attached hydrogen (secondary N) is 1. The second kappa shape index (κ2) is 13.2. The van der Waals surface area contributed by atoms with Crippen molar-refractivity contribution >= 4 is 27.0 Å². The van der Waals surface area contributed by atoms with Crippen LogP contribution < -0.4 is 4.72 Å². The summed E-state index contributed by atoms with van der Waals surface area (Å²) in [5, 5.41) is 0. The number of halogens is 3. The number of carbonyl (C=O) groups is 1. The maximum absolute atomic E-state index is 15.5. The number of imidazole rings is 1. The van der Waals surface area contributed by atoms with Crippen LogP contribution in [0.4, 0.5) is 13.2 Å². The lowest BCUT2D eigenvalue weighted by Gasteiger charge is -2.45. The summed E-state index contributed by atoms with van der Waals surface area (Å²) < 4.78 is 74.7. The monoisotopic (exact) mass is 693 g/mol. The summed E-state index contributed by atoms with van der Waals surface area (Å²) in [6.45, 7) is 4.85. The number of carbonyl (C=O) groups excluding carboxylic acids is 1. The van der Waals surface area contributed by atoms with E-state index in [-0.39, 0.29) is 25.5 Å². The fraction of sp³-hybridized carbons (Fsp3) is 0.459. The van der Waals surface area contributed by atoms with Crippen molar-refractivity contribution in [2.24, 2.45) is 0 Å². The molecule has 0 saturated carbocycles. The molecule has 4 heterocycles. The van der Waals surface area contributed by atoms with Crippen LogP contribution >= 0.6 is 0 Å². The SMILES string of the molecule is CCNS(=O)(=O)c1ccc(F)c(C(=O)N2CCC(CCN3C4CC[C@H]3CC(n3c(C)nc5ccccc53)C4)(c3cccc(F)c3)CC2)c1F. The normalized spacial score (nSPS) is 22.6. The van der Waals surface area contributed by atoms with Crippen LogP contribution in [0, 0.1) is 24.4 Å². The minimum Gasteiger partial charge on any atom is -0.338 e. The van der Waals surface area contributed by atoms with Gasteiger partial charge in [-0.3, -0.25) is 9.69 Å². The molecule has 3 atom stereocenters. The van der Waals surface area contributed by atoms with Gasteiger partial charge in [0.15, 0.2) is 5.82 Å². The molecule has 1 amide bonds. The van der Waals surface area contributed by atoms with Gasteiger partial charge in [-0.15, -0.1) is 0 Å². The van der Waals surface area contributed by atoms with Crippen molar-refractivity contribution in [3.63, 3.8) is 0 Å². The van der Waals surface area contributed by atoms with Gasteiger partial charge in [0.1, 0.15) is 27.9 Å². The van der Waals surface area contributed by atoms with Crippen molar-refractivity contribution in [2.75, 3.05) is 26.2 Å². The average Bonchev–Trinajstić information content (AvgIpc) is 3.53. The third kappa shape index (κ3) is 6.16. The summed E-state index contributed by atoms with van der Waals surface area (Å²) >= 11 is 0. The summed E-state index contributed by atoms with van der Waals surface area (Å²) in [5.41, 5.74) is 1.74. The molecule has 3 aromatic carbocycles. The van der Waals surface area contributed by atoms with E-state index in [0.717, 1.165) is 67.7 Å². The molecule has 12 heteroatoms.